The maximum absolute atomic E-state index is 10.9. The van der Waals surface area contributed by atoms with Gasteiger partial charge < -0.3 is 9.84 Å². The Morgan fingerprint density at radius 1 is 1.50 bits per heavy atom. The fourth-order valence-corrected chi connectivity index (χ4v) is 1.35. The monoisotopic (exact) mass is 219 g/mol. The maximum Gasteiger partial charge on any atom is 0.356 e. The maximum atomic E-state index is 10.9. The van der Waals surface area contributed by atoms with Gasteiger partial charge in [0.2, 0.25) is 0 Å². The summed E-state index contributed by atoms with van der Waals surface area (Å²) in [6.45, 7) is 0. The molecule has 1 heterocycles. The van der Waals surface area contributed by atoms with E-state index >= 15 is 0 Å². The Morgan fingerprint density at radius 2 is 2.31 bits per heavy atom. The number of aromatic amines is 1. The zero-order valence-electron chi connectivity index (χ0n) is 8.47. The molecule has 0 atom stereocenters. The van der Waals surface area contributed by atoms with Crippen molar-refractivity contribution in [3.63, 3.8) is 0 Å². The van der Waals surface area contributed by atoms with Gasteiger partial charge in [-0.25, -0.2) is 4.79 Å². The van der Waals surface area contributed by atoms with Gasteiger partial charge >= 0.3 is 5.97 Å². The first kappa shape index (κ1) is 10.2. The van der Waals surface area contributed by atoms with Crippen LogP contribution in [0.25, 0.3) is 11.3 Å². The van der Waals surface area contributed by atoms with Crippen molar-refractivity contribution in [3.05, 3.63) is 30.0 Å². The highest BCUT2D eigenvalue weighted by atomic mass is 16.5. The Bertz CT molecular complexity index is 522. The predicted octanol–water partition coefficient (Wildman–Crippen LogP) is 1.18. The first-order chi connectivity index (χ1) is 7.72. The molecule has 0 saturated heterocycles. The lowest BCUT2D eigenvalue weighted by Crippen LogP contribution is -1.99. The first-order valence-electron chi connectivity index (χ1n) is 4.51. The summed E-state index contributed by atoms with van der Waals surface area (Å²) < 4.78 is 5.05. The number of aromatic nitrogens is 3. The average Bonchev–Trinajstić information content (AvgIpc) is 2.78. The molecule has 0 radical (unpaired) electrons. The third kappa shape index (κ3) is 1.72. The smallest absolute Gasteiger partial charge is 0.356 e. The third-order valence-electron chi connectivity index (χ3n) is 2.11. The van der Waals surface area contributed by atoms with Crippen LogP contribution in [-0.4, -0.2) is 33.6 Å². The van der Waals surface area contributed by atoms with Crippen molar-refractivity contribution in [2.24, 2.45) is 0 Å². The van der Waals surface area contributed by atoms with Gasteiger partial charge in [-0.05, 0) is 12.1 Å². The second-order valence-corrected chi connectivity index (χ2v) is 3.07. The van der Waals surface area contributed by atoms with Crippen LogP contribution in [0.4, 0.5) is 0 Å². The number of carboxylic acid groups (broad SMARTS) is 1. The third-order valence-corrected chi connectivity index (χ3v) is 2.11. The number of nitrogens with one attached hydrogen (secondary N) is 1. The van der Waals surface area contributed by atoms with E-state index in [1.54, 1.807) is 31.4 Å². The SMILES string of the molecule is COc1cccc(-c2nn[nH]c2C(=O)O)c1. The molecule has 2 rings (SSSR count). The lowest BCUT2D eigenvalue weighted by Gasteiger charge is -2.01. The van der Waals surface area contributed by atoms with Crippen LogP contribution in [0.1, 0.15) is 10.5 Å². The number of hydrogen-bond acceptors (Lipinski definition) is 4. The molecule has 2 aromatic rings. The van der Waals surface area contributed by atoms with E-state index in [9.17, 15) is 4.79 Å². The number of hydrogen-bond donors (Lipinski definition) is 2. The van der Waals surface area contributed by atoms with Gasteiger partial charge in [-0.15, -0.1) is 5.10 Å². The van der Waals surface area contributed by atoms with Gasteiger partial charge in [0, 0.05) is 5.56 Å². The van der Waals surface area contributed by atoms with Crippen LogP contribution < -0.4 is 4.74 Å². The number of rotatable bonds is 3. The molecule has 6 nitrogen and oxygen atoms in total. The van der Waals surface area contributed by atoms with Crippen molar-refractivity contribution in [1.82, 2.24) is 15.4 Å². The number of carboxylic acids is 1. The second kappa shape index (κ2) is 4.01. The van der Waals surface area contributed by atoms with Crippen LogP contribution in [0.15, 0.2) is 24.3 Å². The van der Waals surface area contributed by atoms with E-state index in [1.807, 2.05) is 0 Å². The Labute approximate surface area is 90.9 Å². The molecule has 1 aromatic heterocycles. The van der Waals surface area contributed by atoms with E-state index in [0.29, 0.717) is 17.0 Å². The van der Waals surface area contributed by atoms with Gasteiger partial charge in [-0.1, -0.05) is 17.3 Å². The van der Waals surface area contributed by atoms with E-state index in [4.69, 9.17) is 9.84 Å². The Balaban J connectivity index is 2.50. The molecule has 16 heavy (non-hydrogen) atoms. The number of carbonyl (C=O) groups is 1. The molecular formula is C10H9N3O3. The van der Waals surface area contributed by atoms with Crippen molar-refractivity contribution in [3.8, 4) is 17.0 Å². The molecule has 0 aliphatic rings. The van der Waals surface area contributed by atoms with Gasteiger partial charge in [0.05, 0.1) is 7.11 Å². The molecule has 0 amide bonds. The highest BCUT2D eigenvalue weighted by Crippen LogP contribution is 2.23. The summed E-state index contributed by atoms with van der Waals surface area (Å²) in [4.78, 5) is 10.9. The minimum Gasteiger partial charge on any atom is -0.497 e. The van der Waals surface area contributed by atoms with Crippen LogP contribution in [0.3, 0.4) is 0 Å². The van der Waals surface area contributed by atoms with E-state index in [1.165, 1.54) is 0 Å². The molecule has 0 unspecified atom stereocenters. The number of methoxy groups -OCH3 is 1. The van der Waals surface area contributed by atoms with E-state index in [-0.39, 0.29) is 5.69 Å². The summed E-state index contributed by atoms with van der Waals surface area (Å²) >= 11 is 0. The van der Waals surface area contributed by atoms with Crippen molar-refractivity contribution >= 4 is 5.97 Å². The average molecular weight is 219 g/mol. The number of benzene rings is 1. The van der Waals surface area contributed by atoms with Crippen molar-refractivity contribution < 1.29 is 14.6 Å². The normalized spacial score (nSPS) is 10.1. The summed E-state index contributed by atoms with van der Waals surface area (Å²) in [5.74, 6) is -0.459. The molecule has 0 aliphatic carbocycles. The molecule has 0 fully saturated rings. The highest BCUT2D eigenvalue weighted by molar-refractivity contribution is 5.92. The Hall–Kier alpha value is -2.37. The standard InChI is InChI=1S/C10H9N3O3/c1-16-7-4-2-3-6(5-7)8-9(10(14)15)12-13-11-8/h2-5H,1H3,(H,14,15)(H,11,12,13). The molecular weight excluding hydrogens is 210 g/mol. The lowest BCUT2D eigenvalue weighted by molar-refractivity contribution is 0.0691. The summed E-state index contributed by atoms with van der Waals surface area (Å²) in [6.07, 6.45) is 0. The number of H-pyrrole nitrogens is 1. The van der Waals surface area contributed by atoms with Gasteiger partial charge in [-0.2, -0.15) is 0 Å². The fourth-order valence-electron chi connectivity index (χ4n) is 1.35. The first-order valence-corrected chi connectivity index (χ1v) is 4.51. The number of aromatic carboxylic acids is 1. The minimum absolute atomic E-state index is 0.0340. The molecule has 0 spiro atoms. The van der Waals surface area contributed by atoms with Gasteiger partial charge in [0.15, 0.2) is 5.69 Å². The van der Waals surface area contributed by atoms with Crippen LogP contribution >= 0.6 is 0 Å². The zero-order valence-corrected chi connectivity index (χ0v) is 8.47. The fraction of sp³-hybridized carbons (Fsp3) is 0.100. The molecule has 6 heteroatoms. The van der Waals surface area contributed by atoms with Crippen molar-refractivity contribution in [2.45, 2.75) is 0 Å². The van der Waals surface area contributed by atoms with Crippen LogP contribution in [0, 0.1) is 0 Å². The van der Waals surface area contributed by atoms with Crippen LogP contribution in [0.2, 0.25) is 0 Å². The molecule has 1 aromatic carbocycles. The van der Waals surface area contributed by atoms with E-state index in [2.05, 4.69) is 15.4 Å². The number of nitrogens with zero attached hydrogens (tertiary/aromatic N) is 2. The predicted molar refractivity (Wildman–Crippen MR) is 55.3 cm³/mol. The Morgan fingerprint density at radius 3 is 3.00 bits per heavy atom. The second-order valence-electron chi connectivity index (χ2n) is 3.07. The van der Waals surface area contributed by atoms with Crippen LogP contribution in [-0.2, 0) is 0 Å². The minimum atomic E-state index is -1.09. The van der Waals surface area contributed by atoms with Crippen molar-refractivity contribution in [2.75, 3.05) is 7.11 Å². The van der Waals surface area contributed by atoms with E-state index in [0.717, 1.165) is 0 Å². The van der Waals surface area contributed by atoms with Gasteiger partial charge in [0.25, 0.3) is 0 Å². The van der Waals surface area contributed by atoms with E-state index < -0.39 is 5.97 Å². The lowest BCUT2D eigenvalue weighted by atomic mass is 10.1. The molecule has 0 bridgehead atoms. The topological polar surface area (TPSA) is 88.1 Å². The van der Waals surface area contributed by atoms with Gasteiger partial charge in [-0.3, -0.25) is 5.10 Å². The zero-order chi connectivity index (χ0) is 11.5. The summed E-state index contributed by atoms with van der Waals surface area (Å²) in [5.41, 5.74) is 0.908. The summed E-state index contributed by atoms with van der Waals surface area (Å²) in [7, 11) is 1.54. The molecule has 0 aliphatic heterocycles. The van der Waals surface area contributed by atoms with Crippen molar-refractivity contribution in [1.29, 1.82) is 0 Å². The highest BCUT2D eigenvalue weighted by Gasteiger charge is 2.16. The van der Waals surface area contributed by atoms with Crippen LogP contribution in [0.5, 0.6) is 5.75 Å². The Kier molecular flexibility index (Phi) is 2.55. The number of ether oxygens (including phenoxy) is 1. The quantitative estimate of drug-likeness (QED) is 0.809. The molecule has 2 N–H and O–H groups in total. The molecule has 0 saturated carbocycles. The van der Waals surface area contributed by atoms with Gasteiger partial charge in [0.1, 0.15) is 11.4 Å². The summed E-state index contributed by atoms with van der Waals surface area (Å²) in [5, 5.41) is 18.5. The molecule has 82 valence electrons. The summed E-state index contributed by atoms with van der Waals surface area (Å²) in [6, 6.07) is 6.97. The largest absolute Gasteiger partial charge is 0.497 e.